The molecule has 0 spiro atoms. The van der Waals surface area contributed by atoms with Crippen LogP contribution in [0.2, 0.25) is 0 Å². The summed E-state index contributed by atoms with van der Waals surface area (Å²) in [5.74, 6) is -0.257. The maximum Gasteiger partial charge on any atom is 0.334 e. The molecule has 2 aliphatic heterocycles. The van der Waals surface area contributed by atoms with Crippen molar-refractivity contribution in [1.29, 1.82) is 0 Å². The predicted octanol–water partition coefficient (Wildman–Crippen LogP) is 4.19. The van der Waals surface area contributed by atoms with E-state index in [0.717, 1.165) is 64.2 Å². The molecule has 0 bridgehead atoms. The van der Waals surface area contributed by atoms with Gasteiger partial charge >= 0.3 is 5.97 Å². The second kappa shape index (κ2) is 14.6. The minimum atomic E-state index is -1.20. The van der Waals surface area contributed by atoms with Gasteiger partial charge in [-0.15, -0.1) is 0 Å². The average molecular weight is 581 g/mol. The van der Waals surface area contributed by atoms with E-state index < -0.39 is 16.8 Å². The summed E-state index contributed by atoms with van der Waals surface area (Å²) in [5.41, 5.74) is 0.958. The quantitative estimate of drug-likeness (QED) is 0.189. The number of carbonyl (C=O) groups is 1. The number of carboxylic acids is 1. The van der Waals surface area contributed by atoms with E-state index in [1.807, 2.05) is 6.07 Å². The molecule has 1 aromatic carbocycles. The fourth-order valence-electron chi connectivity index (χ4n) is 5.45. The molecule has 1 aromatic heterocycles. The Balaban J connectivity index is 1.26. The lowest BCUT2D eigenvalue weighted by Crippen LogP contribution is -2.46. The first-order chi connectivity index (χ1) is 20.3. The van der Waals surface area contributed by atoms with Gasteiger partial charge in [-0.1, -0.05) is 25.1 Å². The summed E-state index contributed by atoms with van der Waals surface area (Å²) in [6.07, 6.45) is 5.31. The van der Waals surface area contributed by atoms with E-state index in [9.17, 15) is 20.0 Å². The van der Waals surface area contributed by atoms with Gasteiger partial charge in [-0.2, -0.15) is 0 Å². The number of nitro groups is 1. The van der Waals surface area contributed by atoms with Gasteiger partial charge in [0.15, 0.2) is 0 Å². The number of carboxylic acid groups (broad SMARTS) is 1. The number of nitrogens with zero attached hydrogens (tertiary/aromatic N) is 5. The summed E-state index contributed by atoms with van der Waals surface area (Å²) in [7, 11) is 0. The fraction of sp³-hybridized carbons (Fsp3) is 0.500. The molecule has 0 saturated carbocycles. The third-order valence-corrected chi connectivity index (χ3v) is 7.54. The molecule has 1 atom stereocenters. The van der Waals surface area contributed by atoms with Crippen molar-refractivity contribution < 1.29 is 24.3 Å². The van der Waals surface area contributed by atoms with Crippen molar-refractivity contribution in [2.24, 2.45) is 0 Å². The smallest absolute Gasteiger partial charge is 0.334 e. The number of anilines is 1. The Kier molecular flexibility index (Phi) is 10.7. The molecular formula is C30H40N6O6. The van der Waals surface area contributed by atoms with Gasteiger partial charge in [0.05, 0.1) is 29.4 Å². The van der Waals surface area contributed by atoms with Crippen molar-refractivity contribution >= 4 is 11.8 Å². The lowest BCUT2D eigenvalue weighted by atomic mass is 9.83. The Labute approximate surface area is 246 Å². The summed E-state index contributed by atoms with van der Waals surface area (Å²) >= 11 is 0. The summed E-state index contributed by atoms with van der Waals surface area (Å²) in [6, 6.07) is 8.90. The first-order valence-electron chi connectivity index (χ1n) is 14.5. The van der Waals surface area contributed by atoms with Crippen LogP contribution in [-0.2, 0) is 4.79 Å². The molecule has 2 N–H and O–H groups in total. The fourth-order valence-corrected chi connectivity index (χ4v) is 5.45. The zero-order chi connectivity index (χ0) is 30.1. The molecule has 0 radical (unpaired) electrons. The highest BCUT2D eigenvalue weighted by Gasteiger charge is 2.41. The van der Waals surface area contributed by atoms with Gasteiger partial charge in [0.2, 0.25) is 5.88 Å². The van der Waals surface area contributed by atoms with E-state index in [2.05, 4.69) is 32.0 Å². The summed E-state index contributed by atoms with van der Waals surface area (Å²) in [5, 5.41) is 24.7. The van der Waals surface area contributed by atoms with Gasteiger partial charge < -0.3 is 24.8 Å². The van der Waals surface area contributed by atoms with Gasteiger partial charge in [0.25, 0.3) is 5.70 Å². The third-order valence-electron chi connectivity index (χ3n) is 7.54. The Morgan fingerprint density at radius 3 is 2.55 bits per heavy atom. The van der Waals surface area contributed by atoms with Crippen LogP contribution in [0.3, 0.4) is 0 Å². The van der Waals surface area contributed by atoms with E-state index in [0.29, 0.717) is 41.8 Å². The minimum Gasteiger partial charge on any atom is -0.493 e. The molecule has 12 heteroatoms. The molecule has 12 nitrogen and oxygen atoms in total. The topological polar surface area (TPSA) is 143 Å². The second-order valence-electron chi connectivity index (χ2n) is 10.5. The van der Waals surface area contributed by atoms with Crippen molar-refractivity contribution in [3.63, 3.8) is 0 Å². The molecule has 2 aliphatic rings. The van der Waals surface area contributed by atoms with Gasteiger partial charge in [-0.3, -0.25) is 15.0 Å². The molecule has 4 rings (SSSR count). The van der Waals surface area contributed by atoms with E-state index in [1.54, 1.807) is 44.4 Å². The molecule has 0 aliphatic carbocycles. The number of benzene rings is 1. The Hall–Kier alpha value is -4.19. The number of piperazine rings is 1. The number of unbranched alkanes of at least 4 members (excludes halogenated alkanes) is 2. The van der Waals surface area contributed by atoms with Gasteiger partial charge in [-0.05, 0) is 52.1 Å². The van der Waals surface area contributed by atoms with Crippen molar-refractivity contribution in [2.45, 2.75) is 52.4 Å². The molecule has 3 heterocycles. The van der Waals surface area contributed by atoms with Crippen molar-refractivity contribution in [1.82, 2.24) is 20.2 Å². The highest BCUT2D eigenvalue weighted by atomic mass is 16.6. The molecule has 1 unspecified atom stereocenters. The monoisotopic (exact) mass is 580 g/mol. The van der Waals surface area contributed by atoms with Crippen LogP contribution in [0.1, 0.15) is 57.9 Å². The van der Waals surface area contributed by atoms with E-state index >= 15 is 0 Å². The lowest BCUT2D eigenvalue weighted by Gasteiger charge is -2.35. The SMILES string of the molecule is CCCOc1cc(N2CCN(CCCCCOc3ccccc3C3C(C(=O)O)=C(C)NC(C)=C3[N+](=O)[O-])CC2)ncn1. The Morgan fingerprint density at radius 2 is 1.83 bits per heavy atom. The maximum absolute atomic E-state index is 12.1. The molecule has 0 amide bonds. The van der Waals surface area contributed by atoms with Gasteiger partial charge in [0, 0.05) is 43.5 Å². The maximum atomic E-state index is 12.1. The first-order valence-corrected chi connectivity index (χ1v) is 14.5. The number of rotatable bonds is 14. The number of dihydropyridines is 1. The normalized spacial score (nSPS) is 17.7. The molecule has 1 saturated heterocycles. The zero-order valence-corrected chi connectivity index (χ0v) is 24.5. The number of hydrogen-bond donors (Lipinski definition) is 2. The number of nitrogens with one attached hydrogen (secondary N) is 1. The minimum absolute atomic E-state index is 0.0478. The Morgan fingerprint density at radius 1 is 1.07 bits per heavy atom. The van der Waals surface area contributed by atoms with Gasteiger partial charge in [-0.25, -0.2) is 14.8 Å². The predicted molar refractivity (Wildman–Crippen MR) is 158 cm³/mol. The van der Waals surface area contributed by atoms with Crippen molar-refractivity contribution in [3.05, 3.63) is 75.0 Å². The first kappa shape index (κ1) is 30.8. The number of hydrogen-bond acceptors (Lipinski definition) is 10. The largest absolute Gasteiger partial charge is 0.493 e. The average Bonchev–Trinajstić information content (AvgIpc) is 2.97. The van der Waals surface area contributed by atoms with Crippen molar-refractivity contribution in [3.8, 4) is 11.6 Å². The molecule has 226 valence electrons. The van der Waals surface area contributed by atoms with Crippen LogP contribution < -0.4 is 19.7 Å². The molecule has 1 fully saturated rings. The molecular weight excluding hydrogens is 540 g/mol. The standard InChI is InChI=1S/C30H40N6O6/c1-4-17-42-26-19-25(31-20-32-26)35-15-13-34(14-16-35)12-8-5-9-18-41-24-11-7-6-10-23(24)28-27(30(37)38)21(2)33-22(3)29(28)36(39)40/h6-7,10-11,19-20,28,33H,4-5,8-9,12-18H2,1-3H3,(H,37,38). The number of aliphatic carboxylic acids is 1. The molecule has 2 aromatic rings. The van der Waals surface area contributed by atoms with Crippen LogP contribution in [0.5, 0.6) is 11.6 Å². The number of allylic oxidation sites excluding steroid dienone is 3. The zero-order valence-electron chi connectivity index (χ0n) is 24.5. The Bertz CT molecular complexity index is 1280. The van der Waals surface area contributed by atoms with E-state index in [4.69, 9.17) is 9.47 Å². The van der Waals surface area contributed by atoms with Crippen LogP contribution in [0.4, 0.5) is 5.82 Å². The third kappa shape index (κ3) is 7.55. The lowest BCUT2D eigenvalue weighted by molar-refractivity contribution is -0.431. The van der Waals surface area contributed by atoms with Crippen LogP contribution >= 0.6 is 0 Å². The number of aromatic nitrogens is 2. The molecule has 42 heavy (non-hydrogen) atoms. The summed E-state index contributed by atoms with van der Waals surface area (Å²) < 4.78 is 11.7. The highest BCUT2D eigenvalue weighted by Crippen LogP contribution is 2.42. The number of para-hydroxylation sites is 1. The summed E-state index contributed by atoms with van der Waals surface area (Å²) in [6.45, 7) is 11.1. The van der Waals surface area contributed by atoms with Gasteiger partial charge in [0.1, 0.15) is 23.8 Å². The van der Waals surface area contributed by atoms with Crippen LogP contribution in [-0.4, -0.2) is 76.8 Å². The summed E-state index contributed by atoms with van der Waals surface area (Å²) in [4.78, 5) is 36.9. The highest BCUT2D eigenvalue weighted by molar-refractivity contribution is 5.91. The van der Waals surface area contributed by atoms with E-state index in [-0.39, 0.29) is 11.3 Å². The van der Waals surface area contributed by atoms with Crippen LogP contribution in [0.15, 0.2) is 59.3 Å². The second-order valence-corrected chi connectivity index (χ2v) is 10.5. The van der Waals surface area contributed by atoms with Crippen LogP contribution in [0, 0.1) is 10.1 Å². The number of ether oxygens (including phenoxy) is 2. The van der Waals surface area contributed by atoms with E-state index in [1.165, 1.54) is 0 Å². The van der Waals surface area contributed by atoms with Crippen LogP contribution in [0.25, 0.3) is 0 Å². The van der Waals surface area contributed by atoms with Crippen molar-refractivity contribution in [2.75, 3.05) is 50.8 Å².